The maximum absolute atomic E-state index is 12.9. The molecule has 2 aliphatic rings. The number of benzene rings is 1. The summed E-state index contributed by atoms with van der Waals surface area (Å²) < 4.78 is 28.8. The van der Waals surface area contributed by atoms with Crippen molar-refractivity contribution in [1.29, 1.82) is 0 Å². The van der Waals surface area contributed by atoms with E-state index in [-0.39, 0.29) is 34.9 Å². The molecule has 2 fully saturated rings. The molecule has 3 rings (SSSR count). The van der Waals surface area contributed by atoms with Crippen LogP contribution >= 0.6 is 0 Å². The number of rotatable bonds is 7. The summed E-state index contributed by atoms with van der Waals surface area (Å²) in [6.45, 7) is 2.62. The van der Waals surface area contributed by atoms with Gasteiger partial charge < -0.3 is 15.0 Å². The second-order valence-electron chi connectivity index (χ2n) is 8.68. The van der Waals surface area contributed by atoms with Gasteiger partial charge in [0.15, 0.2) is 9.84 Å². The standard InChI is InChI=1S/C22H34N2O4S/c1-17(21(25)24(2)19-11-14-29(26,27)15-19)23-16-22(12-5-4-6-13-22)18-7-9-20(28-3)10-8-18/h7-10,17,19,23H,4-6,11-16H2,1-3H3. The molecule has 1 amide bonds. The van der Waals surface area contributed by atoms with Crippen LogP contribution in [0.1, 0.15) is 51.0 Å². The average Bonchev–Trinajstić information content (AvgIpc) is 3.11. The number of nitrogens with zero attached hydrogens (tertiary/aromatic N) is 1. The molecule has 29 heavy (non-hydrogen) atoms. The van der Waals surface area contributed by atoms with E-state index in [4.69, 9.17) is 4.74 Å². The van der Waals surface area contributed by atoms with E-state index in [1.807, 2.05) is 19.1 Å². The fourth-order valence-corrected chi connectivity index (χ4v) is 6.52. The molecule has 0 radical (unpaired) electrons. The molecule has 1 aliphatic heterocycles. The van der Waals surface area contributed by atoms with Gasteiger partial charge in [-0.15, -0.1) is 0 Å². The lowest BCUT2D eigenvalue weighted by Crippen LogP contribution is -2.51. The molecule has 0 bridgehead atoms. The van der Waals surface area contributed by atoms with Crippen LogP contribution in [0.3, 0.4) is 0 Å². The van der Waals surface area contributed by atoms with Crippen molar-refractivity contribution >= 4 is 15.7 Å². The minimum absolute atomic E-state index is 0.0222. The first kappa shape index (κ1) is 22.1. The Bertz CT molecular complexity index is 801. The topological polar surface area (TPSA) is 75.7 Å². The number of amides is 1. The Morgan fingerprint density at radius 3 is 2.45 bits per heavy atom. The van der Waals surface area contributed by atoms with E-state index < -0.39 is 9.84 Å². The number of hydrogen-bond donors (Lipinski definition) is 1. The summed E-state index contributed by atoms with van der Waals surface area (Å²) in [7, 11) is 0.396. The highest BCUT2D eigenvalue weighted by Gasteiger charge is 2.37. The number of sulfone groups is 1. The Morgan fingerprint density at radius 2 is 1.90 bits per heavy atom. The van der Waals surface area contributed by atoms with E-state index in [0.717, 1.165) is 25.1 Å². The number of likely N-dealkylation sites (N-methyl/N-ethyl adjacent to an activating group) is 1. The van der Waals surface area contributed by atoms with Crippen LogP contribution in [-0.4, -0.2) is 63.5 Å². The Kier molecular flexibility index (Phi) is 6.89. The molecule has 2 atom stereocenters. The van der Waals surface area contributed by atoms with Crippen LogP contribution in [-0.2, 0) is 20.0 Å². The van der Waals surface area contributed by atoms with Gasteiger partial charge in [-0.3, -0.25) is 4.79 Å². The molecule has 162 valence electrons. The molecule has 1 aromatic carbocycles. The lowest BCUT2D eigenvalue weighted by molar-refractivity contribution is -0.133. The second kappa shape index (κ2) is 9.04. The number of hydrogen-bond acceptors (Lipinski definition) is 5. The second-order valence-corrected chi connectivity index (χ2v) is 10.9. The minimum Gasteiger partial charge on any atom is -0.497 e. The first-order valence-electron chi connectivity index (χ1n) is 10.6. The van der Waals surface area contributed by atoms with E-state index in [9.17, 15) is 13.2 Å². The number of ether oxygens (including phenoxy) is 1. The maximum atomic E-state index is 12.9. The van der Waals surface area contributed by atoms with Gasteiger partial charge in [-0.2, -0.15) is 0 Å². The molecule has 1 saturated carbocycles. The predicted octanol–water partition coefficient (Wildman–Crippen LogP) is 2.52. The summed E-state index contributed by atoms with van der Waals surface area (Å²) >= 11 is 0. The van der Waals surface area contributed by atoms with Gasteiger partial charge >= 0.3 is 0 Å². The summed E-state index contributed by atoms with van der Waals surface area (Å²) in [6, 6.07) is 7.76. The van der Waals surface area contributed by atoms with Gasteiger partial charge in [-0.05, 0) is 43.9 Å². The SMILES string of the molecule is COc1ccc(C2(CNC(C)C(=O)N(C)C3CCS(=O)(=O)C3)CCCCC2)cc1. The predicted molar refractivity (Wildman–Crippen MR) is 115 cm³/mol. The molecule has 1 heterocycles. The first-order chi connectivity index (χ1) is 13.8. The molecule has 0 aromatic heterocycles. The van der Waals surface area contributed by atoms with Gasteiger partial charge in [-0.25, -0.2) is 8.42 Å². The van der Waals surface area contributed by atoms with Crippen molar-refractivity contribution in [1.82, 2.24) is 10.2 Å². The van der Waals surface area contributed by atoms with Gasteiger partial charge in [-0.1, -0.05) is 31.4 Å². The summed E-state index contributed by atoms with van der Waals surface area (Å²) in [5.74, 6) is 1.08. The number of nitrogens with one attached hydrogen (secondary N) is 1. The van der Waals surface area contributed by atoms with Gasteiger partial charge in [0.05, 0.1) is 24.7 Å². The Labute approximate surface area is 174 Å². The normalized spacial score (nSPS) is 24.0. The van der Waals surface area contributed by atoms with Gasteiger partial charge in [0, 0.05) is 25.0 Å². The van der Waals surface area contributed by atoms with Crippen LogP contribution in [0.4, 0.5) is 0 Å². The zero-order valence-corrected chi connectivity index (χ0v) is 18.6. The van der Waals surface area contributed by atoms with Crippen molar-refractivity contribution in [3.8, 4) is 5.75 Å². The van der Waals surface area contributed by atoms with Crippen LogP contribution in [0.2, 0.25) is 0 Å². The molecule has 7 heteroatoms. The van der Waals surface area contributed by atoms with Gasteiger partial charge in [0.2, 0.25) is 5.91 Å². The lowest BCUT2D eigenvalue weighted by atomic mass is 9.69. The van der Waals surface area contributed by atoms with Gasteiger partial charge in [0.1, 0.15) is 5.75 Å². The Hall–Kier alpha value is -1.60. The third kappa shape index (κ3) is 5.12. The molecule has 1 N–H and O–H groups in total. The summed E-state index contributed by atoms with van der Waals surface area (Å²) in [6.07, 6.45) is 6.37. The molecular formula is C22H34N2O4S. The number of carbonyl (C=O) groups is 1. The molecule has 6 nitrogen and oxygen atoms in total. The van der Waals surface area contributed by atoms with Crippen molar-refractivity contribution in [3.05, 3.63) is 29.8 Å². The molecule has 2 unspecified atom stereocenters. The highest BCUT2D eigenvalue weighted by molar-refractivity contribution is 7.91. The maximum Gasteiger partial charge on any atom is 0.239 e. The summed E-state index contributed by atoms with van der Waals surface area (Å²) in [5.41, 5.74) is 1.31. The van der Waals surface area contributed by atoms with E-state index >= 15 is 0 Å². The van der Waals surface area contributed by atoms with Crippen molar-refractivity contribution in [2.45, 2.75) is 62.9 Å². The summed E-state index contributed by atoms with van der Waals surface area (Å²) in [5, 5.41) is 3.47. The minimum atomic E-state index is -3.01. The van der Waals surface area contributed by atoms with Crippen LogP contribution in [0.15, 0.2) is 24.3 Å². The van der Waals surface area contributed by atoms with E-state index in [0.29, 0.717) is 6.42 Å². The Morgan fingerprint density at radius 1 is 1.24 bits per heavy atom. The van der Waals surface area contributed by atoms with Crippen molar-refractivity contribution < 1.29 is 17.9 Å². The monoisotopic (exact) mass is 422 g/mol. The molecule has 1 aromatic rings. The molecule has 1 saturated heterocycles. The third-order valence-electron chi connectivity index (χ3n) is 6.73. The van der Waals surface area contributed by atoms with Gasteiger partial charge in [0.25, 0.3) is 0 Å². The summed E-state index contributed by atoms with van der Waals surface area (Å²) in [4.78, 5) is 14.5. The lowest BCUT2D eigenvalue weighted by Gasteiger charge is -2.39. The molecule has 0 spiro atoms. The first-order valence-corrected chi connectivity index (χ1v) is 12.4. The third-order valence-corrected chi connectivity index (χ3v) is 8.48. The van der Waals surface area contributed by atoms with Crippen LogP contribution < -0.4 is 10.1 Å². The highest BCUT2D eigenvalue weighted by Crippen LogP contribution is 2.39. The van der Waals surface area contributed by atoms with Crippen LogP contribution in [0.25, 0.3) is 0 Å². The Balaban J connectivity index is 1.66. The van der Waals surface area contributed by atoms with Crippen molar-refractivity contribution in [2.75, 3.05) is 32.2 Å². The number of carbonyl (C=O) groups excluding carboxylic acids is 1. The van der Waals surface area contributed by atoms with E-state index in [1.54, 1.807) is 19.1 Å². The average molecular weight is 423 g/mol. The zero-order valence-electron chi connectivity index (χ0n) is 17.8. The molecule has 1 aliphatic carbocycles. The van der Waals surface area contributed by atoms with Crippen molar-refractivity contribution in [2.24, 2.45) is 0 Å². The number of methoxy groups -OCH3 is 1. The largest absolute Gasteiger partial charge is 0.497 e. The highest BCUT2D eigenvalue weighted by atomic mass is 32.2. The smallest absolute Gasteiger partial charge is 0.239 e. The fourth-order valence-electron chi connectivity index (χ4n) is 4.74. The van der Waals surface area contributed by atoms with Crippen molar-refractivity contribution in [3.63, 3.8) is 0 Å². The van der Waals surface area contributed by atoms with Crippen LogP contribution in [0, 0.1) is 0 Å². The van der Waals surface area contributed by atoms with E-state index in [2.05, 4.69) is 17.4 Å². The molecular weight excluding hydrogens is 388 g/mol. The quantitative estimate of drug-likeness (QED) is 0.731. The van der Waals surface area contributed by atoms with E-state index in [1.165, 1.54) is 24.8 Å². The zero-order chi connectivity index (χ0) is 21.1. The van der Waals surface area contributed by atoms with Crippen LogP contribution in [0.5, 0.6) is 5.75 Å². The fraction of sp³-hybridized carbons (Fsp3) is 0.682.